The lowest BCUT2D eigenvalue weighted by Gasteiger charge is -2.31. The van der Waals surface area contributed by atoms with Crippen LogP contribution >= 0.6 is 11.8 Å². The van der Waals surface area contributed by atoms with Gasteiger partial charge < -0.3 is 10.2 Å². The van der Waals surface area contributed by atoms with Gasteiger partial charge in [0.15, 0.2) is 0 Å². The number of nitrogens with zero attached hydrogens (tertiary/aromatic N) is 2. The molecule has 1 saturated carbocycles. The lowest BCUT2D eigenvalue weighted by Crippen LogP contribution is -2.39. The third kappa shape index (κ3) is 5.61. The van der Waals surface area contributed by atoms with Crippen molar-refractivity contribution in [3.05, 3.63) is 59.7 Å². The fourth-order valence-electron chi connectivity index (χ4n) is 3.52. The Morgan fingerprint density at radius 1 is 1.10 bits per heavy atom. The predicted molar refractivity (Wildman–Crippen MR) is 116 cm³/mol. The Bertz CT molecular complexity index is 899. The maximum Gasteiger partial charge on any atom is 0.256 e. The van der Waals surface area contributed by atoms with Crippen molar-refractivity contribution in [1.29, 1.82) is 5.26 Å². The molecule has 0 heterocycles. The molecule has 0 radical (unpaired) electrons. The maximum atomic E-state index is 12.7. The molecule has 0 atom stereocenters. The number of nitriles is 1. The quantitative estimate of drug-likeness (QED) is 0.705. The van der Waals surface area contributed by atoms with Crippen LogP contribution in [0.1, 0.15) is 48.0 Å². The summed E-state index contributed by atoms with van der Waals surface area (Å²) in [5.41, 5.74) is 1.71. The fourth-order valence-corrected chi connectivity index (χ4v) is 4.49. The molecule has 1 aliphatic rings. The summed E-state index contributed by atoms with van der Waals surface area (Å²) in [6, 6.07) is 16.4. The summed E-state index contributed by atoms with van der Waals surface area (Å²) in [6.07, 6.45) is 5.80. The SMILES string of the molecule is CN(C(=O)CSc1ccccc1C(=O)Nc1ccc(C#N)cc1)C1CCCCC1. The van der Waals surface area contributed by atoms with Crippen molar-refractivity contribution >= 4 is 29.3 Å². The van der Waals surface area contributed by atoms with Crippen LogP contribution in [0.3, 0.4) is 0 Å². The van der Waals surface area contributed by atoms with Crippen molar-refractivity contribution in [1.82, 2.24) is 4.90 Å². The predicted octanol–water partition coefficient (Wildman–Crippen LogP) is 4.69. The lowest BCUT2D eigenvalue weighted by molar-refractivity contribution is -0.129. The van der Waals surface area contributed by atoms with Gasteiger partial charge in [-0.05, 0) is 49.2 Å². The molecule has 5 nitrogen and oxygen atoms in total. The van der Waals surface area contributed by atoms with Gasteiger partial charge in [-0.25, -0.2) is 0 Å². The lowest BCUT2D eigenvalue weighted by atomic mass is 9.94. The molecule has 0 spiro atoms. The van der Waals surface area contributed by atoms with E-state index in [1.54, 1.807) is 30.3 Å². The molecular formula is C23H25N3O2S. The van der Waals surface area contributed by atoms with Crippen molar-refractivity contribution in [2.75, 3.05) is 18.1 Å². The average molecular weight is 408 g/mol. The van der Waals surface area contributed by atoms with E-state index in [1.807, 2.05) is 30.1 Å². The Morgan fingerprint density at radius 2 is 1.79 bits per heavy atom. The third-order valence-corrected chi connectivity index (χ3v) is 6.33. The maximum absolute atomic E-state index is 12.7. The first-order valence-corrected chi connectivity index (χ1v) is 10.9. The fraction of sp³-hybridized carbons (Fsp3) is 0.348. The molecule has 0 aliphatic heterocycles. The minimum atomic E-state index is -0.231. The molecule has 0 aromatic heterocycles. The Labute approximate surface area is 176 Å². The molecule has 1 fully saturated rings. The van der Waals surface area contributed by atoms with E-state index in [4.69, 9.17) is 5.26 Å². The minimum Gasteiger partial charge on any atom is -0.342 e. The van der Waals surface area contributed by atoms with Crippen LogP contribution in [0.25, 0.3) is 0 Å². The van der Waals surface area contributed by atoms with Crippen LogP contribution in [0.4, 0.5) is 5.69 Å². The van der Waals surface area contributed by atoms with Gasteiger partial charge in [0.1, 0.15) is 0 Å². The molecule has 1 N–H and O–H groups in total. The number of hydrogen-bond acceptors (Lipinski definition) is 4. The molecule has 0 unspecified atom stereocenters. The first kappa shape index (κ1) is 20.9. The number of carbonyl (C=O) groups is 2. The van der Waals surface area contributed by atoms with Gasteiger partial charge in [-0.3, -0.25) is 9.59 Å². The highest BCUT2D eigenvalue weighted by Gasteiger charge is 2.22. The van der Waals surface area contributed by atoms with Crippen LogP contribution in [0.15, 0.2) is 53.4 Å². The molecule has 2 aromatic carbocycles. The molecule has 29 heavy (non-hydrogen) atoms. The summed E-state index contributed by atoms with van der Waals surface area (Å²) in [6.45, 7) is 0. The summed E-state index contributed by atoms with van der Waals surface area (Å²) in [5.74, 6) is 0.184. The smallest absolute Gasteiger partial charge is 0.256 e. The van der Waals surface area contributed by atoms with Gasteiger partial charge in [-0.2, -0.15) is 5.26 Å². The molecule has 6 heteroatoms. The number of amides is 2. The van der Waals surface area contributed by atoms with E-state index in [1.165, 1.54) is 31.0 Å². The second kappa shape index (κ2) is 10.1. The highest BCUT2D eigenvalue weighted by atomic mass is 32.2. The van der Waals surface area contributed by atoms with Crippen LogP contribution in [-0.4, -0.2) is 35.6 Å². The molecule has 2 aromatic rings. The van der Waals surface area contributed by atoms with Crippen LogP contribution in [0.5, 0.6) is 0 Å². The number of carbonyl (C=O) groups excluding carboxylic acids is 2. The van der Waals surface area contributed by atoms with E-state index in [-0.39, 0.29) is 11.8 Å². The number of thioether (sulfide) groups is 1. The van der Waals surface area contributed by atoms with Crippen LogP contribution in [0, 0.1) is 11.3 Å². The van der Waals surface area contributed by atoms with E-state index >= 15 is 0 Å². The van der Waals surface area contributed by atoms with E-state index in [2.05, 4.69) is 11.4 Å². The topological polar surface area (TPSA) is 73.2 Å². The monoisotopic (exact) mass is 407 g/mol. The zero-order chi connectivity index (χ0) is 20.6. The summed E-state index contributed by atoms with van der Waals surface area (Å²) in [4.78, 5) is 28.0. The summed E-state index contributed by atoms with van der Waals surface area (Å²) >= 11 is 1.40. The normalized spacial score (nSPS) is 14.1. The van der Waals surface area contributed by atoms with E-state index < -0.39 is 0 Å². The van der Waals surface area contributed by atoms with Gasteiger partial charge in [0.25, 0.3) is 5.91 Å². The van der Waals surface area contributed by atoms with E-state index in [0.29, 0.717) is 28.6 Å². The Balaban J connectivity index is 1.62. The van der Waals surface area contributed by atoms with Gasteiger partial charge in [0, 0.05) is 23.7 Å². The van der Waals surface area contributed by atoms with Crippen molar-refractivity contribution in [3.8, 4) is 6.07 Å². The standard InChI is InChI=1S/C23H25N3O2S/c1-26(19-7-3-2-4-8-19)22(27)16-29-21-10-6-5-9-20(21)23(28)25-18-13-11-17(15-24)12-14-18/h5-6,9-14,19H,2-4,7-8,16H2,1H3,(H,25,28). The van der Waals surface area contributed by atoms with Crippen molar-refractivity contribution in [2.45, 2.75) is 43.0 Å². The van der Waals surface area contributed by atoms with Gasteiger partial charge in [0.05, 0.1) is 22.9 Å². The van der Waals surface area contributed by atoms with Crippen LogP contribution in [0.2, 0.25) is 0 Å². The van der Waals surface area contributed by atoms with Crippen LogP contribution < -0.4 is 5.32 Å². The van der Waals surface area contributed by atoms with E-state index in [9.17, 15) is 9.59 Å². The summed E-state index contributed by atoms with van der Waals surface area (Å²) in [5, 5.41) is 11.7. The molecule has 0 saturated heterocycles. The van der Waals surface area contributed by atoms with Crippen LogP contribution in [-0.2, 0) is 4.79 Å². The Morgan fingerprint density at radius 3 is 2.48 bits per heavy atom. The van der Waals surface area contributed by atoms with Gasteiger partial charge in [-0.1, -0.05) is 31.4 Å². The molecule has 2 amide bonds. The zero-order valence-corrected chi connectivity index (χ0v) is 17.4. The van der Waals surface area contributed by atoms with Gasteiger partial charge in [0.2, 0.25) is 5.91 Å². The van der Waals surface area contributed by atoms with E-state index in [0.717, 1.165) is 17.7 Å². The van der Waals surface area contributed by atoms with Gasteiger partial charge >= 0.3 is 0 Å². The second-order valence-corrected chi connectivity index (χ2v) is 8.24. The van der Waals surface area contributed by atoms with Gasteiger partial charge in [-0.15, -0.1) is 11.8 Å². The number of benzene rings is 2. The molecule has 150 valence electrons. The van der Waals surface area contributed by atoms with Crippen molar-refractivity contribution in [2.24, 2.45) is 0 Å². The van der Waals surface area contributed by atoms with Crippen molar-refractivity contribution < 1.29 is 9.59 Å². The molecule has 0 bridgehead atoms. The Hall–Kier alpha value is -2.78. The largest absolute Gasteiger partial charge is 0.342 e. The van der Waals surface area contributed by atoms with Crippen molar-refractivity contribution in [3.63, 3.8) is 0 Å². The summed E-state index contributed by atoms with van der Waals surface area (Å²) < 4.78 is 0. The highest BCUT2D eigenvalue weighted by molar-refractivity contribution is 8.00. The summed E-state index contributed by atoms with van der Waals surface area (Å²) in [7, 11) is 1.89. The Kier molecular flexibility index (Phi) is 7.31. The molecule has 3 rings (SSSR count). The molecular weight excluding hydrogens is 382 g/mol. The zero-order valence-electron chi connectivity index (χ0n) is 16.6. The number of rotatable bonds is 6. The third-order valence-electron chi connectivity index (χ3n) is 5.27. The first-order valence-electron chi connectivity index (χ1n) is 9.87. The minimum absolute atomic E-state index is 0.101. The average Bonchev–Trinajstić information content (AvgIpc) is 2.78. The molecule has 1 aliphatic carbocycles. The second-order valence-electron chi connectivity index (χ2n) is 7.22. The number of hydrogen-bond donors (Lipinski definition) is 1. The first-order chi connectivity index (χ1) is 14.1. The highest BCUT2D eigenvalue weighted by Crippen LogP contribution is 2.26. The number of nitrogens with one attached hydrogen (secondary N) is 1. The number of anilines is 1.